The predicted octanol–water partition coefficient (Wildman–Crippen LogP) is 1.78. The van der Waals surface area contributed by atoms with Crippen molar-refractivity contribution in [3.8, 4) is 0 Å². The number of nitrogens with zero attached hydrogens (tertiary/aromatic N) is 2. The average molecular weight is 229 g/mol. The molecule has 1 aromatic heterocycles. The summed E-state index contributed by atoms with van der Waals surface area (Å²) in [5.74, 6) is 2.46. The van der Waals surface area contributed by atoms with Crippen LogP contribution in [0.4, 0.5) is 0 Å². The maximum absolute atomic E-state index is 5.54. The molecule has 0 spiro atoms. The first-order valence-corrected chi connectivity index (χ1v) is 6.82. The summed E-state index contributed by atoms with van der Waals surface area (Å²) in [5, 5.41) is 10.5. The minimum Gasteiger partial charge on any atom is -0.324 e. The predicted molar refractivity (Wildman–Crippen MR) is 61.7 cm³/mol. The Labute approximate surface area is 92.5 Å². The van der Waals surface area contributed by atoms with E-state index in [0.29, 0.717) is 6.54 Å². The second kappa shape index (κ2) is 4.16. The zero-order valence-electron chi connectivity index (χ0n) is 8.32. The van der Waals surface area contributed by atoms with E-state index in [9.17, 15) is 0 Å². The van der Waals surface area contributed by atoms with Crippen LogP contribution in [0.2, 0.25) is 0 Å². The molecule has 0 aromatic carbocycles. The van der Waals surface area contributed by atoms with Gasteiger partial charge >= 0.3 is 0 Å². The quantitative estimate of drug-likeness (QED) is 0.840. The van der Waals surface area contributed by atoms with Gasteiger partial charge in [-0.1, -0.05) is 18.3 Å². The van der Waals surface area contributed by atoms with Crippen molar-refractivity contribution in [3.63, 3.8) is 0 Å². The van der Waals surface area contributed by atoms with Crippen LogP contribution in [-0.2, 0) is 12.0 Å². The molecule has 78 valence electrons. The van der Waals surface area contributed by atoms with Crippen molar-refractivity contribution in [2.45, 2.75) is 31.7 Å². The second-order valence-electron chi connectivity index (χ2n) is 3.92. The third kappa shape index (κ3) is 1.94. The fourth-order valence-electron chi connectivity index (χ4n) is 1.68. The Balaban J connectivity index is 2.19. The maximum atomic E-state index is 5.54. The highest BCUT2D eigenvalue weighted by Crippen LogP contribution is 2.38. The topological polar surface area (TPSA) is 51.8 Å². The summed E-state index contributed by atoms with van der Waals surface area (Å²) in [7, 11) is 0. The van der Waals surface area contributed by atoms with E-state index in [1.165, 1.54) is 29.4 Å². The summed E-state index contributed by atoms with van der Waals surface area (Å²) in [4.78, 5) is 0. The van der Waals surface area contributed by atoms with E-state index in [1.807, 2.05) is 11.8 Å². The lowest BCUT2D eigenvalue weighted by atomic mass is 9.88. The molecular formula is C9H15N3S2. The Kier molecular flexibility index (Phi) is 3.09. The van der Waals surface area contributed by atoms with E-state index in [0.717, 1.165) is 5.01 Å². The monoisotopic (exact) mass is 229 g/mol. The number of nitrogens with two attached hydrogens (primary N) is 1. The van der Waals surface area contributed by atoms with Crippen LogP contribution in [-0.4, -0.2) is 21.7 Å². The molecule has 1 aromatic rings. The van der Waals surface area contributed by atoms with Crippen molar-refractivity contribution in [1.29, 1.82) is 0 Å². The van der Waals surface area contributed by atoms with Crippen LogP contribution in [0.5, 0.6) is 0 Å². The maximum Gasteiger partial charge on any atom is 0.131 e. The Hall–Kier alpha value is -0.130. The summed E-state index contributed by atoms with van der Waals surface area (Å²) in [6, 6.07) is 0. The van der Waals surface area contributed by atoms with Crippen molar-refractivity contribution in [2.24, 2.45) is 5.73 Å². The minimum atomic E-state index is 0.244. The number of rotatable bonds is 2. The van der Waals surface area contributed by atoms with Gasteiger partial charge in [0.15, 0.2) is 0 Å². The van der Waals surface area contributed by atoms with Gasteiger partial charge in [0.2, 0.25) is 0 Å². The highest BCUT2D eigenvalue weighted by atomic mass is 32.2. The molecule has 0 aliphatic carbocycles. The fourth-order valence-corrected chi connectivity index (χ4v) is 3.89. The summed E-state index contributed by atoms with van der Waals surface area (Å²) < 4.78 is 0. The molecule has 2 heterocycles. The van der Waals surface area contributed by atoms with Crippen LogP contribution in [0.25, 0.3) is 0 Å². The van der Waals surface area contributed by atoms with E-state index in [1.54, 1.807) is 11.3 Å². The van der Waals surface area contributed by atoms with Crippen molar-refractivity contribution in [3.05, 3.63) is 10.0 Å². The first-order valence-electron chi connectivity index (χ1n) is 4.85. The SMILES string of the molecule is CC1(c2nnc(CN)s2)CCCSC1. The summed E-state index contributed by atoms with van der Waals surface area (Å²) >= 11 is 3.70. The van der Waals surface area contributed by atoms with Crippen LogP contribution in [0.3, 0.4) is 0 Å². The van der Waals surface area contributed by atoms with Crippen LogP contribution in [0.1, 0.15) is 29.8 Å². The van der Waals surface area contributed by atoms with E-state index in [4.69, 9.17) is 5.73 Å². The molecule has 1 fully saturated rings. The normalized spacial score (nSPS) is 27.9. The lowest BCUT2D eigenvalue weighted by molar-refractivity contribution is 0.466. The molecule has 1 atom stereocenters. The minimum absolute atomic E-state index is 0.244. The van der Waals surface area contributed by atoms with Gasteiger partial charge in [-0.25, -0.2) is 0 Å². The number of hydrogen-bond acceptors (Lipinski definition) is 5. The van der Waals surface area contributed by atoms with Crippen molar-refractivity contribution in [1.82, 2.24) is 10.2 Å². The van der Waals surface area contributed by atoms with Gasteiger partial charge in [0.1, 0.15) is 10.0 Å². The molecule has 1 aliphatic heterocycles. The van der Waals surface area contributed by atoms with Crippen molar-refractivity contribution in [2.75, 3.05) is 11.5 Å². The third-order valence-electron chi connectivity index (χ3n) is 2.60. The Morgan fingerprint density at radius 2 is 2.36 bits per heavy atom. The van der Waals surface area contributed by atoms with Gasteiger partial charge in [-0.15, -0.1) is 10.2 Å². The first-order chi connectivity index (χ1) is 6.74. The first kappa shape index (κ1) is 10.4. The lowest BCUT2D eigenvalue weighted by Gasteiger charge is -2.30. The molecule has 2 rings (SSSR count). The van der Waals surface area contributed by atoms with E-state index >= 15 is 0 Å². The number of hydrogen-bond donors (Lipinski definition) is 1. The van der Waals surface area contributed by atoms with E-state index < -0.39 is 0 Å². The summed E-state index contributed by atoms with van der Waals surface area (Å²) in [6.45, 7) is 2.81. The molecule has 0 bridgehead atoms. The van der Waals surface area contributed by atoms with E-state index in [-0.39, 0.29) is 5.41 Å². The van der Waals surface area contributed by atoms with Crippen LogP contribution < -0.4 is 5.73 Å². The molecule has 5 heteroatoms. The second-order valence-corrected chi connectivity index (χ2v) is 6.09. The Morgan fingerprint density at radius 1 is 1.50 bits per heavy atom. The molecule has 3 nitrogen and oxygen atoms in total. The highest BCUT2D eigenvalue weighted by molar-refractivity contribution is 7.99. The van der Waals surface area contributed by atoms with Crippen LogP contribution in [0, 0.1) is 0 Å². The van der Waals surface area contributed by atoms with Gasteiger partial charge in [-0.05, 0) is 18.6 Å². The molecule has 0 radical (unpaired) electrons. The summed E-state index contributed by atoms with van der Waals surface area (Å²) in [5.41, 5.74) is 5.78. The highest BCUT2D eigenvalue weighted by Gasteiger charge is 2.32. The Bertz CT molecular complexity index is 305. The van der Waals surface area contributed by atoms with Crippen molar-refractivity contribution < 1.29 is 0 Å². The molecular weight excluding hydrogens is 214 g/mol. The van der Waals surface area contributed by atoms with Gasteiger partial charge in [0.25, 0.3) is 0 Å². The fraction of sp³-hybridized carbons (Fsp3) is 0.778. The number of thioether (sulfide) groups is 1. The molecule has 1 aliphatic rings. The lowest BCUT2D eigenvalue weighted by Crippen LogP contribution is -2.28. The Morgan fingerprint density at radius 3 is 2.93 bits per heavy atom. The van der Waals surface area contributed by atoms with E-state index in [2.05, 4.69) is 17.1 Å². The largest absolute Gasteiger partial charge is 0.324 e. The van der Waals surface area contributed by atoms with Crippen LogP contribution >= 0.6 is 23.1 Å². The van der Waals surface area contributed by atoms with Gasteiger partial charge in [0, 0.05) is 17.7 Å². The standard InChI is InChI=1S/C9H15N3S2/c1-9(3-2-4-13-6-9)8-12-11-7(5-10)14-8/h2-6,10H2,1H3. The average Bonchev–Trinajstić information content (AvgIpc) is 2.67. The molecule has 14 heavy (non-hydrogen) atoms. The van der Waals surface area contributed by atoms with Gasteiger partial charge in [0.05, 0.1) is 0 Å². The van der Waals surface area contributed by atoms with Gasteiger partial charge in [-0.3, -0.25) is 0 Å². The zero-order chi connectivity index (χ0) is 10.0. The molecule has 0 amide bonds. The van der Waals surface area contributed by atoms with Gasteiger partial charge in [-0.2, -0.15) is 11.8 Å². The smallest absolute Gasteiger partial charge is 0.131 e. The molecule has 2 N–H and O–H groups in total. The zero-order valence-corrected chi connectivity index (χ0v) is 9.96. The third-order valence-corrected chi connectivity index (χ3v) is 5.27. The van der Waals surface area contributed by atoms with Gasteiger partial charge < -0.3 is 5.73 Å². The van der Waals surface area contributed by atoms with Crippen LogP contribution in [0.15, 0.2) is 0 Å². The molecule has 1 unspecified atom stereocenters. The van der Waals surface area contributed by atoms with Crippen molar-refractivity contribution >= 4 is 23.1 Å². The summed E-state index contributed by atoms with van der Waals surface area (Å²) in [6.07, 6.45) is 2.53. The molecule has 0 saturated carbocycles. The molecule has 1 saturated heterocycles. The number of aromatic nitrogens is 2.